The van der Waals surface area contributed by atoms with Crippen LogP contribution in [-0.2, 0) is 0 Å². The van der Waals surface area contributed by atoms with Crippen LogP contribution in [-0.4, -0.2) is 4.98 Å². The van der Waals surface area contributed by atoms with E-state index in [1.165, 1.54) is 0 Å². The Morgan fingerprint density at radius 2 is 2.18 bits per heavy atom. The lowest BCUT2D eigenvalue weighted by Gasteiger charge is -2.16. The molecule has 3 nitrogen and oxygen atoms in total. The lowest BCUT2D eigenvalue weighted by molar-refractivity contribution is 0.883. The Kier molecular flexibility index (Phi) is 3.64. The lowest BCUT2D eigenvalue weighted by Crippen LogP contribution is -2.07. The number of rotatable bonds is 3. The predicted molar refractivity (Wildman–Crippen MR) is 74.8 cm³/mol. The van der Waals surface area contributed by atoms with Crippen LogP contribution < -0.4 is 11.1 Å². The summed E-state index contributed by atoms with van der Waals surface area (Å²) in [5.41, 5.74) is 8.74. The number of aromatic nitrogens is 1. The molecule has 0 aliphatic carbocycles. The molecule has 4 heteroatoms. The SMILES string of the molecule is CC(Nc1ccncc1Br)c1cccc(N)c1. The van der Waals surface area contributed by atoms with Crippen molar-refractivity contribution in [1.82, 2.24) is 4.98 Å². The molecule has 3 N–H and O–H groups in total. The van der Waals surface area contributed by atoms with Gasteiger partial charge in [0.2, 0.25) is 0 Å². The van der Waals surface area contributed by atoms with E-state index in [9.17, 15) is 0 Å². The summed E-state index contributed by atoms with van der Waals surface area (Å²) in [6, 6.07) is 10.0. The maximum Gasteiger partial charge on any atom is 0.0590 e. The first-order chi connectivity index (χ1) is 8.16. The summed E-state index contributed by atoms with van der Waals surface area (Å²) in [4.78, 5) is 4.03. The lowest BCUT2D eigenvalue weighted by atomic mass is 10.1. The maximum atomic E-state index is 5.77. The van der Waals surface area contributed by atoms with Crippen LogP contribution in [0.3, 0.4) is 0 Å². The highest BCUT2D eigenvalue weighted by Gasteiger charge is 2.07. The molecule has 2 rings (SSSR count). The Labute approximate surface area is 109 Å². The number of nitrogens with one attached hydrogen (secondary N) is 1. The van der Waals surface area contributed by atoms with E-state index in [4.69, 9.17) is 5.73 Å². The Balaban J connectivity index is 2.17. The number of nitrogens with zero attached hydrogens (tertiary/aromatic N) is 1. The largest absolute Gasteiger partial charge is 0.399 e. The molecule has 2 aromatic rings. The Morgan fingerprint density at radius 3 is 2.88 bits per heavy atom. The molecule has 0 bridgehead atoms. The maximum absolute atomic E-state index is 5.77. The zero-order valence-electron chi connectivity index (χ0n) is 9.52. The van der Waals surface area contributed by atoms with Crippen molar-refractivity contribution in [3.8, 4) is 0 Å². The fourth-order valence-electron chi connectivity index (χ4n) is 1.64. The molecule has 0 fully saturated rings. The molecular formula is C13H14BrN3. The van der Waals surface area contributed by atoms with Crippen LogP contribution in [0.2, 0.25) is 0 Å². The van der Waals surface area contributed by atoms with Crippen LogP contribution in [0, 0.1) is 0 Å². The zero-order valence-corrected chi connectivity index (χ0v) is 11.1. The highest BCUT2D eigenvalue weighted by Crippen LogP contribution is 2.25. The standard InChI is InChI=1S/C13H14BrN3/c1-9(10-3-2-4-11(15)7-10)17-13-5-6-16-8-12(13)14/h2-9H,15H2,1H3,(H,16,17). The number of anilines is 2. The third-order valence-corrected chi connectivity index (χ3v) is 3.19. The van der Waals surface area contributed by atoms with Gasteiger partial charge in [0.15, 0.2) is 0 Å². The molecule has 1 aromatic heterocycles. The number of hydrogen-bond acceptors (Lipinski definition) is 3. The van der Waals surface area contributed by atoms with Gasteiger partial charge in [0.05, 0.1) is 10.2 Å². The monoisotopic (exact) mass is 291 g/mol. The number of hydrogen-bond donors (Lipinski definition) is 2. The van der Waals surface area contributed by atoms with E-state index in [1.807, 2.05) is 24.3 Å². The van der Waals surface area contributed by atoms with Gasteiger partial charge in [0.1, 0.15) is 0 Å². The van der Waals surface area contributed by atoms with Crippen LogP contribution in [0.25, 0.3) is 0 Å². The fourth-order valence-corrected chi connectivity index (χ4v) is 2.00. The van der Waals surface area contributed by atoms with Gasteiger partial charge in [0.25, 0.3) is 0 Å². The molecule has 1 unspecified atom stereocenters. The van der Waals surface area contributed by atoms with Crippen molar-refractivity contribution in [3.63, 3.8) is 0 Å². The van der Waals surface area contributed by atoms with Crippen molar-refractivity contribution in [3.05, 3.63) is 52.8 Å². The number of benzene rings is 1. The molecule has 17 heavy (non-hydrogen) atoms. The average Bonchev–Trinajstić information content (AvgIpc) is 2.32. The van der Waals surface area contributed by atoms with Crippen molar-refractivity contribution < 1.29 is 0 Å². The molecule has 1 aromatic carbocycles. The van der Waals surface area contributed by atoms with E-state index < -0.39 is 0 Å². The molecule has 1 atom stereocenters. The van der Waals surface area contributed by atoms with Crippen LogP contribution >= 0.6 is 15.9 Å². The smallest absolute Gasteiger partial charge is 0.0590 e. The van der Waals surface area contributed by atoms with Gasteiger partial charge in [-0.1, -0.05) is 12.1 Å². The van der Waals surface area contributed by atoms with Crippen LogP contribution in [0.1, 0.15) is 18.5 Å². The molecule has 88 valence electrons. The minimum Gasteiger partial charge on any atom is -0.399 e. The highest BCUT2D eigenvalue weighted by atomic mass is 79.9. The summed E-state index contributed by atoms with van der Waals surface area (Å²) in [5.74, 6) is 0. The van der Waals surface area contributed by atoms with Gasteiger partial charge in [0, 0.05) is 24.1 Å². The molecule has 0 amide bonds. The van der Waals surface area contributed by atoms with E-state index in [1.54, 1.807) is 12.4 Å². The second-order valence-electron chi connectivity index (χ2n) is 3.89. The minimum absolute atomic E-state index is 0.192. The first kappa shape index (κ1) is 11.9. The molecule has 0 saturated heterocycles. The second-order valence-corrected chi connectivity index (χ2v) is 4.75. The summed E-state index contributed by atoms with van der Waals surface area (Å²) in [6.07, 6.45) is 3.54. The van der Waals surface area contributed by atoms with Gasteiger partial charge in [-0.15, -0.1) is 0 Å². The van der Waals surface area contributed by atoms with E-state index in [0.29, 0.717) is 0 Å². The van der Waals surface area contributed by atoms with Crippen LogP contribution in [0.4, 0.5) is 11.4 Å². The molecule has 0 spiro atoms. The van der Waals surface area contributed by atoms with Gasteiger partial charge < -0.3 is 11.1 Å². The Morgan fingerprint density at radius 1 is 1.35 bits per heavy atom. The summed E-state index contributed by atoms with van der Waals surface area (Å²) >= 11 is 3.46. The third-order valence-electron chi connectivity index (χ3n) is 2.56. The highest BCUT2D eigenvalue weighted by molar-refractivity contribution is 9.10. The molecule has 0 aliphatic heterocycles. The van der Waals surface area contributed by atoms with Gasteiger partial charge >= 0.3 is 0 Å². The van der Waals surface area contributed by atoms with Crippen molar-refractivity contribution in [2.45, 2.75) is 13.0 Å². The number of nitrogens with two attached hydrogens (primary N) is 1. The topological polar surface area (TPSA) is 50.9 Å². The number of nitrogen functional groups attached to an aromatic ring is 1. The van der Waals surface area contributed by atoms with Crippen molar-refractivity contribution in [1.29, 1.82) is 0 Å². The average molecular weight is 292 g/mol. The van der Waals surface area contributed by atoms with E-state index in [2.05, 4.69) is 39.2 Å². The van der Waals surface area contributed by atoms with Crippen LogP contribution in [0.15, 0.2) is 47.2 Å². The molecular weight excluding hydrogens is 278 g/mol. The summed E-state index contributed by atoms with van der Waals surface area (Å²) in [6.45, 7) is 2.10. The van der Waals surface area contributed by atoms with Gasteiger partial charge in [-0.25, -0.2) is 0 Å². The summed E-state index contributed by atoms with van der Waals surface area (Å²) in [5, 5.41) is 3.41. The Bertz CT molecular complexity index is 514. The quantitative estimate of drug-likeness (QED) is 0.850. The first-order valence-corrected chi connectivity index (χ1v) is 6.17. The Hall–Kier alpha value is -1.55. The molecule has 1 heterocycles. The summed E-state index contributed by atoms with van der Waals surface area (Å²) < 4.78 is 0.954. The fraction of sp³-hybridized carbons (Fsp3) is 0.154. The normalized spacial score (nSPS) is 12.1. The minimum atomic E-state index is 0.192. The van der Waals surface area contributed by atoms with Gasteiger partial charge in [-0.05, 0) is 46.6 Å². The second kappa shape index (κ2) is 5.19. The van der Waals surface area contributed by atoms with Gasteiger partial charge in [-0.2, -0.15) is 0 Å². The molecule has 0 aliphatic rings. The third kappa shape index (κ3) is 2.97. The van der Waals surface area contributed by atoms with Crippen LogP contribution in [0.5, 0.6) is 0 Å². The number of halogens is 1. The molecule has 0 radical (unpaired) electrons. The number of pyridine rings is 1. The molecule has 0 saturated carbocycles. The van der Waals surface area contributed by atoms with E-state index in [0.717, 1.165) is 21.4 Å². The van der Waals surface area contributed by atoms with Crippen molar-refractivity contribution >= 4 is 27.3 Å². The van der Waals surface area contributed by atoms with E-state index >= 15 is 0 Å². The predicted octanol–water partition coefficient (Wildman–Crippen LogP) is 3.60. The zero-order chi connectivity index (χ0) is 12.3. The van der Waals surface area contributed by atoms with Crippen molar-refractivity contribution in [2.75, 3.05) is 11.1 Å². The van der Waals surface area contributed by atoms with Gasteiger partial charge in [-0.3, -0.25) is 4.98 Å². The summed E-state index contributed by atoms with van der Waals surface area (Å²) in [7, 11) is 0. The van der Waals surface area contributed by atoms with E-state index in [-0.39, 0.29) is 6.04 Å². The van der Waals surface area contributed by atoms with Crippen molar-refractivity contribution in [2.24, 2.45) is 0 Å². The first-order valence-electron chi connectivity index (χ1n) is 5.38.